The predicted octanol–water partition coefficient (Wildman–Crippen LogP) is 4.22. The Bertz CT molecular complexity index is 779. The molecule has 0 spiro atoms. The van der Waals surface area contributed by atoms with Gasteiger partial charge in [0.25, 0.3) is 0 Å². The van der Waals surface area contributed by atoms with Crippen LogP contribution in [0, 0.1) is 12.7 Å². The molecule has 1 aliphatic heterocycles. The number of halogens is 2. The summed E-state index contributed by atoms with van der Waals surface area (Å²) in [6.07, 6.45) is 3.42. The highest BCUT2D eigenvalue weighted by Crippen LogP contribution is 2.34. The van der Waals surface area contributed by atoms with E-state index >= 15 is 0 Å². The van der Waals surface area contributed by atoms with Crippen LogP contribution in [0.1, 0.15) is 24.0 Å². The van der Waals surface area contributed by atoms with E-state index in [2.05, 4.69) is 15.6 Å². The summed E-state index contributed by atoms with van der Waals surface area (Å²) in [5.41, 5.74) is 1.92. The molecule has 1 aliphatic rings. The number of rotatable bonds is 4. The van der Waals surface area contributed by atoms with Gasteiger partial charge in [-0.3, -0.25) is 0 Å². The zero-order valence-electron chi connectivity index (χ0n) is 14.5. The number of ether oxygens (including phenoxy) is 1. The van der Waals surface area contributed by atoms with Crippen LogP contribution < -0.4 is 10.6 Å². The van der Waals surface area contributed by atoms with E-state index in [0.717, 1.165) is 24.0 Å². The first kappa shape index (κ1) is 19.0. The Hall–Kier alpha value is -1.76. The fourth-order valence-corrected chi connectivity index (χ4v) is 3.60. The smallest absolute Gasteiger partial charge is 0.172 e. The van der Waals surface area contributed by atoms with E-state index in [0.29, 0.717) is 35.7 Å². The van der Waals surface area contributed by atoms with Crippen molar-refractivity contribution < 1.29 is 9.13 Å². The Morgan fingerprint density at radius 1 is 1.31 bits per heavy atom. The molecule has 1 fully saturated rings. The van der Waals surface area contributed by atoms with Gasteiger partial charge in [-0.2, -0.15) is 0 Å². The van der Waals surface area contributed by atoms with Crippen molar-refractivity contribution in [1.82, 2.24) is 10.3 Å². The minimum Gasteiger partial charge on any atom is -0.381 e. The molecule has 0 unspecified atom stereocenters. The summed E-state index contributed by atoms with van der Waals surface area (Å²) < 4.78 is 18.8. The van der Waals surface area contributed by atoms with Crippen LogP contribution in [-0.4, -0.2) is 29.9 Å². The van der Waals surface area contributed by atoms with Crippen LogP contribution in [0.15, 0.2) is 36.5 Å². The first-order chi connectivity index (χ1) is 12.5. The molecule has 1 aromatic heterocycles. The number of aryl methyl sites for hydroxylation is 1. The maximum atomic E-state index is 13.3. The van der Waals surface area contributed by atoms with Gasteiger partial charge in [-0.05, 0) is 61.3 Å². The molecule has 0 aliphatic carbocycles. The van der Waals surface area contributed by atoms with Crippen LogP contribution in [0.4, 0.5) is 10.2 Å². The monoisotopic (exact) mass is 393 g/mol. The number of nitrogens with zero attached hydrogens (tertiary/aromatic N) is 1. The topological polar surface area (TPSA) is 46.2 Å². The number of hydrogen-bond acceptors (Lipinski definition) is 3. The lowest BCUT2D eigenvalue weighted by Crippen LogP contribution is -2.45. The lowest BCUT2D eigenvalue weighted by Gasteiger charge is -2.38. The third kappa shape index (κ3) is 4.50. The van der Waals surface area contributed by atoms with E-state index < -0.39 is 0 Å². The largest absolute Gasteiger partial charge is 0.381 e. The molecule has 0 bridgehead atoms. The summed E-state index contributed by atoms with van der Waals surface area (Å²) in [5.74, 6) is 0.291. The highest BCUT2D eigenvalue weighted by atomic mass is 35.5. The summed E-state index contributed by atoms with van der Waals surface area (Å²) in [5, 5.41) is 7.29. The number of thiocarbonyl (C=S) groups is 1. The highest BCUT2D eigenvalue weighted by molar-refractivity contribution is 7.80. The molecular formula is C19H21ClFN3OS. The van der Waals surface area contributed by atoms with Gasteiger partial charge in [-0.15, -0.1) is 0 Å². The Morgan fingerprint density at radius 3 is 2.65 bits per heavy atom. The van der Waals surface area contributed by atoms with Crippen molar-refractivity contribution in [2.75, 3.05) is 25.1 Å². The Labute approximate surface area is 163 Å². The summed E-state index contributed by atoms with van der Waals surface area (Å²) in [6.45, 7) is 3.89. The molecule has 2 heterocycles. The van der Waals surface area contributed by atoms with E-state index in [9.17, 15) is 4.39 Å². The van der Waals surface area contributed by atoms with Gasteiger partial charge in [0.1, 0.15) is 5.82 Å². The molecule has 1 aromatic carbocycles. The molecule has 2 aromatic rings. The zero-order chi connectivity index (χ0) is 18.6. The summed E-state index contributed by atoms with van der Waals surface area (Å²) in [4.78, 5) is 4.27. The maximum Gasteiger partial charge on any atom is 0.172 e. The Balaban J connectivity index is 1.69. The number of benzene rings is 1. The highest BCUT2D eigenvalue weighted by Gasteiger charge is 2.34. The van der Waals surface area contributed by atoms with Crippen LogP contribution >= 0.6 is 23.8 Å². The van der Waals surface area contributed by atoms with Crippen LogP contribution in [0.2, 0.25) is 5.02 Å². The lowest BCUT2D eigenvalue weighted by atomic mass is 9.74. The number of nitrogens with one attached hydrogen (secondary N) is 2. The molecular weight excluding hydrogens is 373 g/mol. The van der Waals surface area contributed by atoms with Gasteiger partial charge in [0.05, 0.1) is 5.02 Å². The third-order valence-corrected chi connectivity index (χ3v) is 5.24. The van der Waals surface area contributed by atoms with Crippen LogP contribution in [0.5, 0.6) is 0 Å². The minimum absolute atomic E-state index is 0.151. The number of pyridine rings is 1. The summed E-state index contributed by atoms with van der Waals surface area (Å²) in [6, 6.07) is 8.52. The van der Waals surface area contributed by atoms with E-state index in [1.807, 2.05) is 25.1 Å². The maximum absolute atomic E-state index is 13.3. The molecule has 0 amide bonds. The normalized spacial score (nSPS) is 16.1. The minimum atomic E-state index is -0.235. The molecule has 0 saturated carbocycles. The van der Waals surface area contributed by atoms with Gasteiger partial charge >= 0.3 is 0 Å². The predicted molar refractivity (Wildman–Crippen MR) is 106 cm³/mol. The molecule has 138 valence electrons. The lowest BCUT2D eigenvalue weighted by molar-refractivity contribution is 0.0515. The van der Waals surface area contributed by atoms with Gasteiger partial charge in [0.15, 0.2) is 10.9 Å². The van der Waals surface area contributed by atoms with E-state index in [1.54, 1.807) is 6.20 Å². The van der Waals surface area contributed by atoms with Crippen molar-refractivity contribution in [2.24, 2.45) is 0 Å². The number of aromatic nitrogens is 1. The van der Waals surface area contributed by atoms with Gasteiger partial charge in [-0.1, -0.05) is 23.7 Å². The van der Waals surface area contributed by atoms with Gasteiger partial charge in [0, 0.05) is 31.4 Å². The third-order valence-electron chi connectivity index (χ3n) is 4.70. The van der Waals surface area contributed by atoms with E-state index in [-0.39, 0.29) is 11.2 Å². The number of anilines is 1. The van der Waals surface area contributed by atoms with Crippen LogP contribution in [-0.2, 0) is 10.2 Å². The molecule has 3 rings (SSSR count). The van der Waals surface area contributed by atoms with Gasteiger partial charge < -0.3 is 15.4 Å². The first-order valence-electron chi connectivity index (χ1n) is 8.49. The molecule has 0 atom stereocenters. The fourth-order valence-electron chi connectivity index (χ4n) is 3.16. The average molecular weight is 394 g/mol. The molecule has 26 heavy (non-hydrogen) atoms. The van der Waals surface area contributed by atoms with Crippen molar-refractivity contribution in [3.63, 3.8) is 0 Å². The second-order valence-corrected chi connectivity index (χ2v) is 7.37. The van der Waals surface area contributed by atoms with Crippen molar-refractivity contribution in [3.05, 3.63) is 58.5 Å². The van der Waals surface area contributed by atoms with Crippen LogP contribution in [0.25, 0.3) is 0 Å². The molecule has 4 nitrogen and oxygen atoms in total. The molecule has 1 saturated heterocycles. The molecule has 2 N–H and O–H groups in total. The molecule has 0 radical (unpaired) electrons. The summed E-state index contributed by atoms with van der Waals surface area (Å²) >= 11 is 11.6. The van der Waals surface area contributed by atoms with E-state index in [1.165, 1.54) is 12.1 Å². The first-order valence-corrected chi connectivity index (χ1v) is 9.28. The Morgan fingerprint density at radius 2 is 2.00 bits per heavy atom. The second-order valence-electron chi connectivity index (χ2n) is 6.55. The molecule has 7 heteroatoms. The quantitative estimate of drug-likeness (QED) is 0.761. The van der Waals surface area contributed by atoms with Gasteiger partial charge in [0.2, 0.25) is 0 Å². The number of hydrogen-bond donors (Lipinski definition) is 2. The van der Waals surface area contributed by atoms with Gasteiger partial charge in [-0.25, -0.2) is 9.37 Å². The zero-order valence-corrected chi connectivity index (χ0v) is 16.1. The van der Waals surface area contributed by atoms with E-state index in [4.69, 9.17) is 28.6 Å². The fraction of sp³-hybridized carbons (Fsp3) is 0.368. The van der Waals surface area contributed by atoms with Crippen molar-refractivity contribution in [3.8, 4) is 0 Å². The van der Waals surface area contributed by atoms with Crippen molar-refractivity contribution >= 4 is 34.7 Å². The van der Waals surface area contributed by atoms with Crippen molar-refractivity contribution in [2.45, 2.75) is 25.2 Å². The standard InChI is InChI=1S/C19H21ClFN3OS/c1-13-10-16(20)17(22-11-13)24-18(26)23-12-19(6-8-25-9-7-19)14-2-4-15(21)5-3-14/h2-5,10-11H,6-9,12H2,1H3,(H2,22,23,24,26). The average Bonchev–Trinajstić information content (AvgIpc) is 2.64. The van der Waals surface area contributed by atoms with Crippen LogP contribution in [0.3, 0.4) is 0 Å². The second kappa shape index (κ2) is 8.29. The Kier molecular flexibility index (Phi) is 6.06. The van der Waals surface area contributed by atoms with Crippen molar-refractivity contribution in [1.29, 1.82) is 0 Å². The summed E-state index contributed by atoms with van der Waals surface area (Å²) in [7, 11) is 0. The SMILES string of the molecule is Cc1cnc(NC(=S)NCC2(c3ccc(F)cc3)CCOCC2)c(Cl)c1.